The van der Waals surface area contributed by atoms with E-state index in [-0.39, 0.29) is 12.7 Å². The van der Waals surface area contributed by atoms with Crippen LogP contribution >= 0.6 is 0 Å². The van der Waals surface area contributed by atoms with Crippen molar-refractivity contribution in [1.29, 1.82) is 0 Å². The summed E-state index contributed by atoms with van der Waals surface area (Å²) in [5, 5.41) is 0. The largest absolute Gasteiger partial charge is 0.473 e. The van der Waals surface area contributed by atoms with Gasteiger partial charge in [0.05, 0.1) is 6.26 Å². The van der Waals surface area contributed by atoms with Crippen LogP contribution in [0.25, 0.3) is 0 Å². The highest BCUT2D eigenvalue weighted by atomic mass is 19.4. The third-order valence-corrected chi connectivity index (χ3v) is 1.27. The zero-order valence-corrected chi connectivity index (χ0v) is 7.42. The molecule has 0 unspecified atom stereocenters. The molecule has 0 radical (unpaired) electrons. The van der Waals surface area contributed by atoms with Gasteiger partial charge in [-0.25, -0.2) is 0 Å². The van der Waals surface area contributed by atoms with Gasteiger partial charge >= 0.3 is 18.2 Å². The maximum atomic E-state index is 12.3. The summed E-state index contributed by atoms with van der Waals surface area (Å²) in [6, 6.07) is 0. The van der Waals surface area contributed by atoms with E-state index in [1.807, 2.05) is 0 Å². The van der Waals surface area contributed by atoms with Gasteiger partial charge in [-0.2, -0.15) is 30.7 Å². The number of rotatable bonds is 4. The first-order valence-electron chi connectivity index (χ1n) is 3.71. The molecule has 0 rings (SSSR count). The molecule has 0 atom stereocenters. The fraction of sp³-hybridized carbons (Fsp3) is 0.714. The van der Waals surface area contributed by atoms with Crippen molar-refractivity contribution in [2.45, 2.75) is 31.6 Å². The van der Waals surface area contributed by atoms with Gasteiger partial charge in [0.2, 0.25) is 0 Å². The molecule has 0 aromatic heterocycles. The number of hydrogen-bond donors (Lipinski definition) is 0. The van der Waals surface area contributed by atoms with Crippen LogP contribution in [0, 0.1) is 0 Å². The van der Waals surface area contributed by atoms with E-state index in [2.05, 4.69) is 4.74 Å². The zero-order chi connectivity index (χ0) is 12.3. The predicted octanol–water partition coefficient (Wildman–Crippen LogP) is 3.72. The second-order valence-corrected chi connectivity index (χ2v) is 2.49. The number of ether oxygens (including phenoxy) is 1. The molecule has 0 N–H and O–H groups in total. The summed E-state index contributed by atoms with van der Waals surface area (Å²) < 4.78 is 86.3. The highest BCUT2D eigenvalue weighted by molar-refractivity contribution is 4.87. The Balaban J connectivity index is 4.78. The van der Waals surface area contributed by atoms with Crippen LogP contribution in [0.4, 0.5) is 30.7 Å². The molecule has 0 amide bonds. The van der Waals surface area contributed by atoms with E-state index in [4.69, 9.17) is 0 Å². The zero-order valence-electron chi connectivity index (χ0n) is 7.42. The van der Waals surface area contributed by atoms with Crippen molar-refractivity contribution in [1.82, 2.24) is 0 Å². The van der Waals surface area contributed by atoms with E-state index in [1.165, 1.54) is 6.92 Å². The topological polar surface area (TPSA) is 9.23 Å². The van der Waals surface area contributed by atoms with Crippen molar-refractivity contribution in [3.63, 3.8) is 0 Å². The average Bonchev–Trinajstić information content (AvgIpc) is 2.02. The molecule has 0 aromatic carbocycles. The highest BCUT2D eigenvalue weighted by Crippen LogP contribution is 2.46. The minimum absolute atomic E-state index is 0.111. The first-order valence-corrected chi connectivity index (χ1v) is 3.71. The van der Waals surface area contributed by atoms with E-state index in [0.717, 1.165) is 6.08 Å². The Morgan fingerprint density at radius 1 is 1.00 bits per heavy atom. The monoisotopic (exact) mass is 240 g/mol. The summed E-state index contributed by atoms with van der Waals surface area (Å²) in [7, 11) is 0. The Morgan fingerprint density at radius 2 is 1.47 bits per heavy atom. The molecule has 15 heavy (non-hydrogen) atoms. The highest BCUT2D eigenvalue weighted by Gasteiger charge is 2.75. The number of allylic oxidation sites excluding steroid dienone is 1. The molecular formula is C7H7F7O. The van der Waals surface area contributed by atoms with Crippen LogP contribution < -0.4 is 0 Å². The number of halogens is 7. The second-order valence-electron chi connectivity index (χ2n) is 2.49. The van der Waals surface area contributed by atoms with Crippen LogP contribution in [0.5, 0.6) is 0 Å². The van der Waals surface area contributed by atoms with Gasteiger partial charge in [-0.05, 0) is 12.5 Å². The Kier molecular flexibility index (Phi) is 4.01. The number of hydrogen-bond acceptors (Lipinski definition) is 1. The Morgan fingerprint density at radius 3 is 1.80 bits per heavy atom. The second kappa shape index (κ2) is 4.28. The lowest BCUT2D eigenvalue weighted by Gasteiger charge is -2.26. The van der Waals surface area contributed by atoms with E-state index in [0.29, 0.717) is 0 Å². The molecule has 8 heteroatoms. The summed E-state index contributed by atoms with van der Waals surface area (Å²) in [5.41, 5.74) is 0. The lowest BCUT2D eigenvalue weighted by molar-refractivity contribution is -0.412. The molecule has 0 fully saturated rings. The lowest BCUT2D eigenvalue weighted by Crippen LogP contribution is -2.52. The average molecular weight is 240 g/mol. The number of alkyl halides is 7. The Hall–Kier alpha value is -0.950. The van der Waals surface area contributed by atoms with E-state index < -0.39 is 18.2 Å². The standard InChI is InChI=1S/C7H7F7O/c1-2-3-4-15-7(13,14)5(8,9)6(10,11)12/h3-4H,2H2,1H3. The molecule has 0 heterocycles. The van der Waals surface area contributed by atoms with Crippen molar-refractivity contribution < 1.29 is 35.5 Å². The molecule has 90 valence electrons. The summed E-state index contributed by atoms with van der Waals surface area (Å²) >= 11 is 0. The third kappa shape index (κ3) is 3.00. The van der Waals surface area contributed by atoms with Gasteiger partial charge in [0.1, 0.15) is 0 Å². The smallest absolute Gasteiger partial charge is 0.436 e. The molecule has 0 spiro atoms. The summed E-state index contributed by atoms with van der Waals surface area (Å²) in [6.07, 6.45) is -10.8. The van der Waals surface area contributed by atoms with Gasteiger partial charge in [0.25, 0.3) is 0 Å². The molecule has 0 aromatic rings. The van der Waals surface area contributed by atoms with Crippen molar-refractivity contribution in [3.05, 3.63) is 12.3 Å². The normalized spacial score (nSPS) is 14.7. The van der Waals surface area contributed by atoms with Crippen molar-refractivity contribution >= 4 is 0 Å². The van der Waals surface area contributed by atoms with Gasteiger partial charge < -0.3 is 4.74 Å². The SMILES string of the molecule is CCC=COC(F)(F)C(F)(F)C(F)(F)F. The van der Waals surface area contributed by atoms with Gasteiger partial charge in [-0.15, -0.1) is 0 Å². The van der Waals surface area contributed by atoms with Crippen LogP contribution in [0.15, 0.2) is 12.3 Å². The fourth-order valence-electron chi connectivity index (χ4n) is 0.469. The molecule has 0 bridgehead atoms. The van der Waals surface area contributed by atoms with Crippen molar-refractivity contribution in [2.75, 3.05) is 0 Å². The van der Waals surface area contributed by atoms with E-state index >= 15 is 0 Å². The van der Waals surface area contributed by atoms with Gasteiger partial charge in [-0.1, -0.05) is 6.92 Å². The summed E-state index contributed by atoms with van der Waals surface area (Å²) in [5.74, 6) is -6.22. The van der Waals surface area contributed by atoms with E-state index in [1.54, 1.807) is 0 Å². The fourth-order valence-corrected chi connectivity index (χ4v) is 0.469. The first kappa shape index (κ1) is 14.0. The van der Waals surface area contributed by atoms with Gasteiger partial charge in [0.15, 0.2) is 0 Å². The molecule has 1 nitrogen and oxygen atoms in total. The lowest BCUT2D eigenvalue weighted by atomic mass is 10.3. The molecule has 0 aliphatic rings. The maximum Gasteiger partial charge on any atom is 0.473 e. The van der Waals surface area contributed by atoms with Crippen LogP contribution in [-0.2, 0) is 4.74 Å². The van der Waals surface area contributed by atoms with Gasteiger partial charge in [0, 0.05) is 0 Å². The van der Waals surface area contributed by atoms with Crippen LogP contribution in [0.3, 0.4) is 0 Å². The van der Waals surface area contributed by atoms with Crippen molar-refractivity contribution in [2.24, 2.45) is 0 Å². The maximum absolute atomic E-state index is 12.3. The molecule has 0 aliphatic heterocycles. The van der Waals surface area contributed by atoms with Crippen molar-refractivity contribution in [3.8, 4) is 0 Å². The van der Waals surface area contributed by atoms with Gasteiger partial charge in [-0.3, -0.25) is 0 Å². The molecular weight excluding hydrogens is 233 g/mol. The van der Waals surface area contributed by atoms with Crippen LogP contribution in [0.2, 0.25) is 0 Å². The summed E-state index contributed by atoms with van der Waals surface area (Å²) in [6.45, 7) is 1.46. The molecule has 0 saturated carbocycles. The van der Waals surface area contributed by atoms with E-state index in [9.17, 15) is 30.7 Å². The van der Waals surface area contributed by atoms with Crippen LogP contribution in [-0.4, -0.2) is 18.2 Å². The minimum atomic E-state index is -6.36. The minimum Gasteiger partial charge on any atom is -0.436 e. The third-order valence-electron chi connectivity index (χ3n) is 1.27. The quantitative estimate of drug-likeness (QED) is 0.537. The Bertz CT molecular complexity index is 230. The predicted molar refractivity (Wildman–Crippen MR) is 36.5 cm³/mol. The summed E-state index contributed by atoms with van der Waals surface area (Å²) in [4.78, 5) is 0. The van der Waals surface area contributed by atoms with Crippen LogP contribution in [0.1, 0.15) is 13.3 Å². The molecule has 0 aliphatic carbocycles. The first-order chi connectivity index (χ1) is 6.56. The molecule has 0 saturated heterocycles. The Labute approximate surface area is 80.5 Å².